The smallest absolute Gasteiger partial charge is 0.312 e. The van der Waals surface area contributed by atoms with Crippen LogP contribution in [0.1, 0.15) is 30.0 Å². The van der Waals surface area contributed by atoms with Crippen LogP contribution in [0.2, 0.25) is 0 Å². The zero-order valence-corrected chi connectivity index (χ0v) is 15.5. The highest BCUT2D eigenvalue weighted by Gasteiger charge is 2.26. The number of furan rings is 1. The Morgan fingerprint density at radius 3 is 2.71 bits per heavy atom. The SMILES string of the molecule is Cc1ccc(Nc2c(C(=O)NOC(C)(C)CO)oc3c(F)cncc23)c(F)c1. The summed E-state index contributed by atoms with van der Waals surface area (Å²) in [5, 5.41) is 12.1. The molecular weight excluding hydrogens is 372 g/mol. The molecule has 0 fully saturated rings. The minimum Gasteiger partial charge on any atom is -0.445 e. The third-order valence-electron chi connectivity index (χ3n) is 3.94. The number of amides is 1. The van der Waals surface area contributed by atoms with Gasteiger partial charge in [-0.1, -0.05) is 6.07 Å². The van der Waals surface area contributed by atoms with Crippen LogP contribution in [-0.2, 0) is 4.84 Å². The van der Waals surface area contributed by atoms with Crippen molar-refractivity contribution < 1.29 is 27.9 Å². The van der Waals surface area contributed by atoms with Crippen molar-refractivity contribution in [3.63, 3.8) is 0 Å². The number of nitrogens with one attached hydrogen (secondary N) is 2. The summed E-state index contributed by atoms with van der Waals surface area (Å²) in [6.45, 7) is 4.48. The molecule has 3 aromatic rings. The summed E-state index contributed by atoms with van der Waals surface area (Å²) in [6.07, 6.45) is 2.24. The van der Waals surface area contributed by atoms with Crippen molar-refractivity contribution >= 4 is 28.3 Å². The maximum absolute atomic E-state index is 14.3. The maximum atomic E-state index is 14.3. The molecule has 0 aliphatic heterocycles. The molecule has 9 heteroatoms. The van der Waals surface area contributed by atoms with E-state index in [1.54, 1.807) is 26.8 Å². The summed E-state index contributed by atoms with van der Waals surface area (Å²) in [5.74, 6) is -2.49. The van der Waals surface area contributed by atoms with E-state index in [0.29, 0.717) is 5.56 Å². The van der Waals surface area contributed by atoms with Crippen LogP contribution in [0.3, 0.4) is 0 Å². The molecule has 0 unspecified atom stereocenters. The van der Waals surface area contributed by atoms with E-state index < -0.39 is 23.1 Å². The fraction of sp³-hybridized carbons (Fsp3) is 0.263. The van der Waals surface area contributed by atoms with E-state index in [1.807, 2.05) is 0 Å². The summed E-state index contributed by atoms with van der Waals surface area (Å²) in [6, 6.07) is 4.48. The lowest BCUT2D eigenvalue weighted by Crippen LogP contribution is -2.38. The average Bonchev–Trinajstić information content (AvgIpc) is 3.02. The predicted molar refractivity (Wildman–Crippen MR) is 98.1 cm³/mol. The number of pyridine rings is 1. The van der Waals surface area contributed by atoms with Gasteiger partial charge in [0.05, 0.1) is 23.9 Å². The molecule has 0 atom stereocenters. The van der Waals surface area contributed by atoms with Crippen molar-refractivity contribution in [1.82, 2.24) is 10.5 Å². The number of fused-ring (bicyclic) bond motifs is 1. The van der Waals surface area contributed by atoms with Crippen molar-refractivity contribution in [3.05, 3.63) is 53.6 Å². The van der Waals surface area contributed by atoms with Crippen molar-refractivity contribution in [3.8, 4) is 0 Å². The molecule has 148 valence electrons. The second kappa shape index (κ2) is 7.53. The van der Waals surface area contributed by atoms with Crippen LogP contribution in [0.4, 0.5) is 20.2 Å². The molecule has 0 aliphatic rings. The van der Waals surface area contributed by atoms with Crippen LogP contribution in [-0.4, -0.2) is 28.2 Å². The third kappa shape index (κ3) is 3.95. The monoisotopic (exact) mass is 391 g/mol. The molecule has 0 saturated heterocycles. The van der Waals surface area contributed by atoms with Crippen LogP contribution in [0.25, 0.3) is 11.0 Å². The minimum atomic E-state index is -1.05. The van der Waals surface area contributed by atoms with E-state index in [0.717, 1.165) is 6.20 Å². The molecule has 3 N–H and O–H groups in total. The molecule has 7 nitrogen and oxygen atoms in total. The van der Waals surface area contributed by atoms with Crippen molar-refractivity contribution in [1.29, 1.82) is 0 Å². The van der Waals surface area contributed by atoms with E-state index >= 15 is 0 Å². The minimum absolute atomic E-state index is 0.0349. The van der Waals surface area contributed by atoms with E-state index in [2.05, 4.69) is 15.8 Å². The lowest BCUT2D eigenvalue weighted by molar-refractivity contribution is -0.0961. The van der Waals surface area contributed by atoms with Crippen molar-refractivity contribution in [2.45, 2.75) is 26.4 Å². The maximum Gasteiger partial charge on any atom is 0.312 e. The van der Waals surface area contributed by atoms with Crippen LogP contribution in [0.5, 0.6) is 0 Å². The molecule has 0 bridgehead atoms. The molecule has 0 spiro atoms. The number of aliphatic hydroxyl groups excluding tert-OH is 1. The fourth-order valence-electron chi connectivity index (χ4n) is 2.38. The second-order valence-corrected chi connectivity index (χ2v) is 6.86. The summed E-state index contributed by atoms with van der Waals surface area (Å²) in [4.78, 5) is 21.5. The highest BCUT2D eigenvalue weighted by atomic mass is 19.1. The number of halogens is 2. The number of anilines is 2. The van der Waals surface area contributed by atoms with E-state index in [4.69, 9.17) is 9.25 Å². The van der Waals surface area contributed by atoms with Gasteiger partial charge in [-0.25, -0.2) is 14.3 Å². The van der Waals surface area contributed by atoms with Gasteiger partial charge in [-0.3, -0.25) is 14.6 Å². The molecule has 1 amide bonds. The highest BCUT2D eigenvalue weighted by molar-refractivity contribution is 6.06. The van der Waals surface area contributed by atoms with Gasteiger partial charge in [0, 0.05) is 6.20 Å². The Bertz CT molecular complexity index is 1030. The zero-order valence-electron chi connectivity index (χ0n) is 15.5. The Kier molecular flexibility index (Phi) is 5.30. The normalized spacial score (nSPS) is 11.6. The van der Waals surface area contributed by atoms with Gasteiger partial charge in [-0.15, -0.1) is 0 Å². The molecule has 1 aromatic carbocycles. The second-order valence-electron chi connectivity index (χ2n) is 6.86. The predicted octanol–water partition coefficient (Wildman–Crippen LogP) is 3.59. The Morgan fingerprint density at radius 1 is 1.29 bits per heavy atom. The number of hydrogen-bond donors (Lipinski definition) is 3. The third-order valence-corrected chi connectivity index (χ3v) is 3.94. The Hall–Kier alpha value is -3.04. The highest BCUT2D eigenvalue weighted by Crippen LogP contribution is 2.35. The van der Waals surface area contributed by atoms with Gasteiger partial charge < -0.3 is 14.8 Å². The van der Waals surface area contributed by atoms with Crippen LogP contribution < -0.4 is 10.8 Å². The first kappa shape index (κ1) is 19.7. The topological polar surface area (TPSA) is 96.6 Å². The average molecular weight is 391 g/mol. The van der Waals surface area contributed by atoms with Gasteiger partial charge in [0.15, 0.2) is 11.4 Å². The van der Waals surface area contributed by atoms with Gasteiger partial charge in [-0.2, -0.15) is 0 Å². The Labute approximate surface area is 159 Å². The number of nitrogens with zero attached hydrogens (tertiary/aromatic N) is 1. The van der Waals surface area contributed by atoms with Gasteiger partial charge in [0.25, 0.3) is 0 Å². The number of aromatic nitrogens is 1. The van der Waals surface area contributed by atoms with E-state index in [-0.39, 0.29) is 34.7 Å². The number of aliphatic hydroxyl groups is 1. The summed E-state index contributed by atoms with van der Waals surface area (Å²) >= 11 is 0. The summed E-state index contributed by atoms with van der Waals surface area (Å²) < 4.78 is 33.7. The standard InChI is InChI=1S/C19H19F2N3O4/c1-10-4-5-14(12(20)6-10)23-15-11-7-22-8-13(21)16(11)27-17(15)18(26)24-28-19(2,3)9-25/h4-8,23,25H,9H2,1-3H3,(H,24,26). The lowest BCUT2D eigenvalue weighted by Gasteiger charge is -2.21. The Balaban J connectivity index is 2.03. The van der Waals surface area contributed by atoms with Crippen LogP contribution in [0, 0.1) is 18.6 Å². The van der Waals surface area contributed by atoms with Gasteiger partial charge in [0.1, 0.15) is 17.1 Å². The number of hydroxylamine groups is 1. The number of hydrogen-bond acceptors (Lipinski definition) is 6. The van der Waals surface area contributed by atoms with E-state index in [1.165, 1.54) is 18.3 Å². The fourth-order valence-corrected chi connectivity index (χ4v) is 2.38. The number of benzene rings is 1. The van der Waals surface area contributed by atoms with Crippen LogP contribution in [0.15, 0.2) is 35.0 Å². The Morgan fingerprint density at radius 2 is 2.04 bits per heavy atom. The molecule has 2 heterocycles. The van der Waals surface area contributed by atoms with Gasteiger partial charge in [0.2, 0.25) is 5.76 Å². The molecular formula is C19H19F2N3O4. The largest absolute Gasteiger partial charge is 0.445 e. The number of rotatable bonds is 6. The van der Waals surface area contributed by atoms with Crippen LogP contribution >= 0.6 is 0 Å². The molecule has 28 heavy (non-hydrogen) atoms. The zero-order chi connectivity index (χ0) is 20.5. The van der Waals surface area contributed by atoms with Gasteiger partial charge in [-0.05, 0) is 38.5 Å². The van der Waals surface area contributed by atoms with Crippen molar-refractivity contribution in [2.75, 3.05) is 11.9 Å². The van der Waals surface area contributed by atoms with Gasteiger partial charge >= 0.3 is 5.91 Å². The number of aryl methyl sites for hydroxylation is 1. The number of carbonyl (C=O) groups is 1. The first-order valence-electron chi connectivity index (χ1n) is 8.40. The quantitative estimate of drug-likeness (QED) is 0.556. The lowest BCUT2D eigenvalue weighted by atomic mass is 10.2. The first-order valence-corrected chi connectivity index (χ1v) is 8.40. The summed E-state index contributed by atoms with van der Waals surface area (Å²) in [7, 11) is 0. The first-order chi connectivity index (χ1) is 13.2. The molecule has 3 rings (SSSR count). The molecule has 0 radical (unpaired) electrons. The molecule has 0 aliphatic carbocycles. The molecule has 0 saturated carbocycles. The van der Waals surface area contributed by atoms with E-state index in [9.17, 15) is 18.7 Å². The number of carbonyl (C=O) groups excluding carboxylic acids is 1. The summed E-state index contributed by atoms with van der Waals surface area (Å²) in [5.41, 5.74) is 1.71. The molecule has 2 aromatic heterocycles. The van der Waals surface area contributed by atoms with Crippen molar-refractivity contribution in [2.24, 2.45) is 0 Å².